The van der Waals surface area contributed by atoms with Crippen LogP contribution in [0.3, 0.4) is 0 Å². The molecule has 22 heavy (non-hydrogen) atoms. The second-order valence-electron chi connectivity index (χ2n) is 6.75. The molecular weight excluding hydrogens is 324 g/mol. The lowest BCUT2D eigenvalue weighted by molar-refractivity contribution is 0.437. The largest absolute Gasteiger partial charge is 0.108 e. The lowest BCUT2D eigenvalue weighted by Crippen LogP contribution is -2.28. The van der Waals surface area contributed by atoms with Gasteiger partial charge in [-0.2, -0.15) is 0 Å². The van der Waals surface area contributed by atoms with E-state index in [2.05, 4.69) is 65.0 Å². The average Bonchev–Trinajstić information content (AvgIpc) is 2.45. The second kappa shape index (κ2) is 10.00. The van der Waals surface area contributed by atoms with E-state index in [4.69, 9.17) is 12.2 Å². The van der Waals surface area contributed by atoms with E-state index in [0.29, 0.717) is 11.8 Å². The van der Waals surface area contributed by atoms with Crippen molar-refractivity contribution in [2.45, 2.75) is 64.5 Å². The summed E-state index contributed by atoms with van der Waals surface area (Å²) in [6, 6.07) is 10.9. The van der Waals surface area contributed by atoms with E-state index in [-0.39, 0.29) is 4.75 Å². The van der Waals surface area contributed by atoms with E-state index in [1.54, 1.807) is 0 Å². The van der Waals surface area contributed by atoms with E-state index in [1.807, 2.05) is 23.5 Å². The molecule has 0 aliphatic rings. The van der Waals surface area contributed by atoms with Crippen molar-refractivity contribution >= 4 is 39.3 Å². The molecule has 1 aromatic carbocycles. The van der Waals surface area contributed by atoms with Crippen molar-refractivity contribution in [3.8, 4) is 0 Å². The molecule has 1 unspecified atom stereocenters. The maximum atomic E-state index is 5.62. The molecule has 0 bridgehead atoms. The van der Waals surface area contributed by atoms with Crippen molar-refractivity contribution < 1.29 is 0 Å². The molecule has 0 fully saturated rings. The maximum Gasteiger partial charge on any atom is 0.104 e. The van der Waals surface area contributed by atoms with E-state index >= 15 is 0 Å². The molecule has 0 radical (unpaired) electrons. The molecule has 0 saturated heterocycles. The zero-order valence-electron chi connectivity index (χ0n) is 14.6. The van der Waals surface area contributed by atoms with Crippen molar-refractivity contribution in [1.82, 2.24) is 0 Å². The fraction of sp³-hybridized carbons (Fsp3) is 0.632. The van der Waals surface area contributed by atoms with Gasteiger partial charge in [0.05, 0.1) is 0 Å². The molecule has 0 saturated carbocycles. The molecular formula is C19H30S3. The highest BCUT2D eigenvalue weighted by Gasteiger charge is 2.33. The SMILES string of the molecule is CCCCSC(=S)SC(C)(C)C(CC(C)C)c1ccccc1. The van der Waals surface area contributed by atoms with Gasteiger partial charge in [0, 0.05) is 4.75 Å². The van der Waals surface area contributed by atoms with Crippen LogP contribution in [0.5, 0.6) is 0 Å². The van der Waals surface area contributed by atoms with Gasteiger partial charge in [-0.05, 0) is 49.8 Å². The molecule has 0 N–H and O–H groups in total. The Kier molecular flexibility index (Phi) is 9.11. The number of hydrogen-bond acceptors (Lipinski definition) is 3. The van der Waals surface area contributed by atoms with Gasteiger partial charge in [-0.3, -0.25) is 0 Å². The Morgan fingerprint density at radius 1 is 1.18 bits per heavy atom. The Hall–Kier alpha value is 0.01000. The van der Waals surface area contributed by atoms with E-state index < -0.39 is 0 Å². The fourth-order valence-corrected chi connectivity index (χ4v) is 6.02. The maximum absolute atomic E-state index is 5.62. The van der Waals surface area contributed by atoms with Crippen molar-refractivity contribution in [3.63, 3.8) is 0 Å². The molecule has 124 valence electrons. The van der Waals surface area contributed by atoms with Gasteiger partial charge in [0.1, 0.15) is 3.53 Å². The number of thioether (sulfide) groups is 2. The second-order valence-corrected chi connectivity index (χ2v) is 10.7. The monoisotopic (exact) mass is 354 g/mol. The highest BCUT2D eigenvalue weighted by atomic mass is 32.2. The van der Waals surface area contributed by atoms with Gasteiger partial charge in [0.15, 0.2) is 0 Å². The van der Waals surface area contributed by atoms with Crippen LogP contribution < -0.4 is 0 Å². The van der Waals surface area contributed by atoms with Gasteiger partial charge in [0.25, 0.3) is 0 Å². The van der Waals surface area contributed by atoms with Crippen LogP contribution in [0, 0.1) is 5.92 Å². The standard InChI is InChI=1S/C19H30S3/c1-6-7-13-21-18(20)22-19(4,5)17(14-15(2)3)16-11-9-8-10-12-16/h8-12,15,17H,6-7,13-14H2,1-5H3. The minimum atomic E-state index is 0.127. The van der Waals surface area contributed by atoms with E-state index in [0.717, 1.165) is 9.28 Å². The molecule has 0 aliphatic carbocycles. The normalized spacial score (nSPS) is 13.4. The number of benzene rings is 1. The molecule has 0 nitrogen and oxygen atoms in total. The van der Waals surface area contributed by atoms with Crippen molar-refractivity contribution in [3.05, 3.63) is 35.9 Å². The first-order chi connectivity index (χ1) is 10.4. The Balaban J connectivity index is 2.80. The first kappa shape index (κ1) is 20.1. The number of rotatable bonds is 8. The summed E-state index contributed by atoms with van der Waals surface area (Å²) >= 11 is 9.37. The lowest BCUT2D eigenvalue weighted by atomic mass is 9.81. The third-order valence-electron chi connectivity index (χ3n) is 3.81. The quantitative estimate of drug-likeness (QED) is 0.359. The molecule has 0 aromatic heterocycles. The van der Waals surface area contributed by atoms with Gasteiger partial charge in [-0.15, -0.1) is 23.5 Å². The number of thiocarbonyl (C=S) groups is 1. The third-order valence-corrected chi connectivity index (χ3v) is 6.73. The summed E-state index contributed by atoms with van der Waals surface area (Å²) in [5, 5.41) is 0. The van der Waals surface area contributed by atoms with Gasteiger partial charge in [0.2, 0.25) is 0 Å². The third kappa shape index (κ3) is 7.06. The highest BCUT2D eigenvalue weighted by Crippen LogP contribution is 2.45. The Morgan fingerprint density at radius 3 is 2.36 bits per heavy atom. The van der Waals surface area contributed by atoms with Crippen LogP contribution in [0.25, 0.3) is 0 Å². The van der Waals surface area contributed by atoms with Gasteiger partial charge in [-0.25, -0.2) is 0 Å². The van der Waals surface area contributed by atoms with Crippen LogP contribution in [-0.4, -0.2) is 14.0 Å². The van der Waals surface area contributed by atoms with E-state index in [1.165, 1.54) is 24.8 Å². The van der Waals surface area contributed by atoms with Crippen LogP contribution in [-0.2, 0) is 0 Å². The average molecular weight is 355 g/mol. The van der Waals surface area contributed by atoms with Gasteiger partial charge < -0.3 is 0 Å². The predicted molar refractivity (Wildman–Crippen MR) is 110 cm³/mol. The van der Waals surface area contributed by atoms with Crippen LogP contribution in [0.15, 0.2) is 30.3 Å². The summed E-state index contributed by atoms with van der Waals surface area (Å²) in [7, 11) is 0. The zero-order valence-corrected chi connectivity index (χ0v) is 17.0. The van der Waals surface area contributed by atoms with Crippen LogP contribution in [0.2, 0.25) is 0 Å². The molecule has 3 heteroatoms. The Morgan fingerprint density at radius 2 is 1.82 bits per heavy atom. The lowest BCUT2D eigenvalue weighted by Gasteiger charge is -2.35. The van der Waals surface area contributed by atoms with E-state index in [9.17, 15) is 0 Å². The summed E-state index contributed by atoms with van der Waals surface area (Å²) in [5.74, 6) is 2.37. The van der Waals surface area contributed by atoms with Crippen LogP contribution >= 0.6 is 35.7 Å². The minimum absolute atomic E-state index is 0.127. The van der Waals surface area contributed by atoms with Crippen LogP contribution in [0.1, 0.15) is 65.4 Å². The van der Waals surface area contributed by atoms with Gasteiger partial charge >= 0.3 is 0 Å². The number of unbranched alkanes of at least 4 members (excludes halogenated alkanes) is 1. The fourth-order valence-electron chi connectivity index (χ4n) is 2.59. The number of hydrogen-bond donors (Lipinski definition) is 0. The molecule has 1 aromatic rings. The topological polar surface area (TPSA) is 0 Å². The zero-order chi connectivity index (χ0) is 16.6. The molecule has 0 heterocycles. The van der Waals surface area contributed by atoms with Crippen molar-refractivity contribution in [2.24, 2.45) is 5.92 Å². The Labute approximate surface area is 151 Å². The molecule has 1 atom stereocenters. The molecule has 1 rings (SSSR count). The minimum Gasteiger partial charge on any atom is -0.108 e. The van der Waals surface area contributed by atoms with Crippen LogP contribution in [0.4, 0.5) is 0 Å². The van der Waals surface area contributed by atoms with Crippen molar-refractivity contribution in [1.29, 1.82) is 0 Å². The first-order valence-corrected chi connectivity index (χ1v) is 10.5. The highest BCUT2D eigenvalue weighted by molar-refractivity contribution is 8.47. The van der Waals surface area contributed by atoms with Gasteiger partial charge in [-0.1, -0.05) is 69.7 Å². The van der Waals surface area contributed by atoms with Crippen molar-refractivity contribution in [2.75, 3.05) is 5.75 Å². The first-order valence-electron chi connectivity index (χ1n) is 8.27. The molecule has 0 aliphatic heterocycles. The summed E-state index contributed by atoms with van der Waals surface area (Å²) in [6.45, 7) is 11.6. The summed E-state index contributed by atoms with van der Waals surface area (Å²) in [5.41, 5.74) is 1.44. The smallest absolute Gasteiger partial charge is 0.104 e. The Bertz CT molecular complexity index is 437. The summed E-state index contributed by atoms with van der Waals surface area (Å²) in [6.07, 6.45) is 3.69. The molecule has 0 amide bonds. The summed E-state index contributed by atoms with van der Waals surface area (Å²) < 4.78 is 1.23. The summed E-state index contributed by atoms with van der Waals surface area (Å²) in [4.78, 5) is 0. The molecule has 0 spiro atoms. The predicted octanol–water partition coefficient (Wildman–Crippen LogP) is 7.15.